The molecule has 0 saturated heterocycles. The second-order valence-electron chi connectivity index (χ2n) is 5.77. The number of nitrogens with one attached hydrogen (secondary N) is 2. The van der Waals surface area contributed by atoms with Crippen LogP contribution in [-0.4, -0.2) is 24.4 Å². The van der Waals surface area contributed by atoms with Crippen molar-refractivity contribution < 1.29 is 19.1 Å². The van der Waals surface area contributed by atoms with E-state index in [1.807, 2.05) is 0 Å². The lowest BCUT2D eigenvalue weighted by molar-refractivity contribution is -0.119. The van der Waals surface area contributed by atoms with Crippen molar-refractivity contribution in [1.82, 2.24) is 0 Å². The van der Waals surface area contributed by atoms with E-state index in [0.29, 0.717) is 21.8 Å². The van der Waals surface area contributed by atoms with Crippen LogP contribution in [0, 0.1) is 0 Å². The molecule has 1 aromatic heterocycles. The van der Waals surface area contributed by atoms with Crippen molar-refractivity contribution >= 4 is 73.8 Å². The van der Waals surface area contributed by atoms with E-state index < -0.39 is 18.5 Å². The zero-order valence-electron chi connectivity index (χ0n) is 14.5. The number of anilines is 2. The SMILES string of the molecule is CC(=O)Nc1ccc(NC(=O)COC(=O)c2sc3cc(Cl)ccc3c2Cl)cc1. The Morgan fingerprint density at radius 3 is 2.29 bits per heavy atom. The highest BCUT2D eigenvalue weighted by atomic mass is 35.5. The smallest absolute Gasteiger partial charge is 0.350 e. The number of rotatable bonds is 5. The van der Waals surface area contributed by atoms with Gasteiger partial charge in [-0.25, -0.2) is 4.79 Å². The molecule has 0 aliphatic carbocycles. The molecule has 2 amide bonds. The monoisotopic (exact) mass is 436 g/mol. The number of hydrogen-bond acceptors (Lipinski definition) is 5. The summed E-state index contributed by atoms with van der Waals surface area (Å²) < 4.78 is 5.82. The maximum absolute atomic E-state index is 12.3. The first-order valence-electron chi connectivity index (χ1n) is 8.05. The zero-order valence-corrected chi connectivity index (χ0v) is 16.9. The molecule has 0 atom stereocenters. The van der Waals surface area contributed by atoms with Crippen LogP contribution in [0.3, 0.4) is 0 Å². The van der Waals surface area contributed by atoms with E-state index in [1.54, 1.807) is 42.5 Å². The van der Waals surface area contributed by atoms with Gasteiger partial charge in [-0.1, -0.05) is 29.3 Å². The van der Waals surface area contributed by atoms with Crippen LogP contribution in [0.5, 0.6) is 0 Å². The summed E-state index contributed by atoms with van der Waals surface area (Å²) in [6.45, 7) is 0.944. The maximum atomic E-state index is 12.3. The number of esters is 1. The van der Waals surface area contributed by atoms with E-state index in [0.717, 1.165) is 16.0 Å². The van der Waals surface area contributed by atoms with Gasteiger partial charge in [-0.3, -0.25) is 9.59 Å². The van der Waals surface area contributed by atoms with Crippen LogP contribution in [0.1, 0.15) is 16.6 Å². The third kappa shape index (κ3) is 4.81. The Morgan fingerprint density at radius 1 is 1.00 bits per heavy atom. The molecule has 0 saturated carbocycles. The van der Waals surface area contributed by atoms with Gasteiger partial charge in [0.25, 0.3) is 5.91 Å². The normalized spacial score (nSPS) is 10.5. The van der Waals surface area contributed by atoms with Gasteiger partial charge in [0, 0.05) is 33.4 Å². The molecule has 2 aromatic carbocycles. The molecular weight excluding hydrogens is 423 g/mol. The van der Waals surface area contributed by atoms with E-state index in [9.17, 15) is 14.4 Å². The van der Waals surface area contributed by atoms with Gasteiger partial charge in [0.1, 0.15) is 4.88 Å². The standard InChI is InChI=1S/C19H14Cl2N2O4S/c1-10(24)22-12-3-5-13(6-4-12)23-16(25)9-27-19(26)18-17(21)14-7-2-11(20)8-15(14)28-18/h2-8H,9H2,1H3,(H,22,24)(H,23,25). The fourth-order valence-corrected chi connectivity index (χ4v) is 4.08. The van der Waals surface area contributed by atoms with Crippen LogP contribution in [-0.2, 0) is 14.3 Å². The largest absolute Gasteiger partial charge is 0.451 e. The molecule has 3 rings (SSSR count). The minimum Gasteiger partial charge on any atom is -0.451 e. The van der Waals surface area contributed by atoms with Crippen LogP contribution in [0.15, 0.2) is 42.5 Å². The predicted molar refractivity (Wildman–Crippen MR) is 112 cm³/mol. The van der Waals surface area contributed by atoms with E-state index in [4.69, 9.17) is 27.9 Å². The average molecular weight is 437 g/mol. The number of carbonyl (C=O) groups excluding carboxylic acids is 3. The third-order valence-electron chi connectivity index (χ3n) is 3.60. The fourth-order valence-electron chi connectivity index (χ4n) is 2.40. The molecule has 28 heavy (non-hydrogen) atoms. The second-order valence-corrected chi connectivity index (χ2v) is 7.64. The molecule has 3 aromatic rings. The lowest BCUT2D eigenvalue weighted by atomic mass is 10.2. The molecule has 0 spiro atoms. The highest BCUT2D eigenvalue weighted by Crippen LogP contribution is 2.37. The van der Waals surface area contributed by atoms with Gasteiger partial charge < -0.3 is 15.4 Å². The van der Waals surface area contributed by atoms with Crippen molar-refractivity contribution in [2.45, 2.75) is 6.92 Å². The molecule has 1 heterocycles. The summed E-state index contributed by atoms with van der Waals surface area (Å²) >= 11 is 13.3. The highest BCUT2D eigenvalue weighted by molar-refractivity contribution is 7.21. The molecule has 0 aliphatic heterocycles. The molecule has 0 aliphatic rings. The lowest BCUT2D eigenvalue weighted by Gasteiger charge is -2.07. The lowest BCUT2D eigenvalue weighted by Crippen LogP contribution is -2.20. The van der Waals surface area contributed by atoms with Crippen LogP contribution >= 0.6 is 34.5 Å². The van der Waals surface area contributed by atoms with Gasteiger partial charge >= 0.3 is 5.97 Å². The van der Waals surface area contributed by atoms with Crippen molar-refractivity contribution in [2.24, 2.45) is 0 Å². The number of thiophene rings is 1. The summed E-state index contributed by atoms with van der Waals surface area (Å²) in [5.41, 5.74) is 1.11. The molecule has 144 valence electrons. The van der Waals surface area contributed by atoms with E-state index in [2.05, 4.69) is 10.6 Å². The van der Waals surface area contributed by atoms with Gasteiger partial charge in [0.05, 0.1) is 5.02 Å². The third-order valence-corrected chi connectivity index (χ3v) is 5.47. The Kier molecular flexibility index (Phi) is 6.18. The Balaban J connectivity index is 1.59. The molecule has 6 nitrogen and oxygen atoms in total. The zero-order chi connectivity index (χ0) is 20.3. The quantitative estimate of drug-likeness (QED) is 0.553. The van der Waals surface area contributed by atoms with Gasteiger partial charge in [-0.15, -0.1) is 11.3 Å². The molecule has 0 fully saturated rings. The number of fused-ring (bicyclic) bond motifs is 1. The minimum atomic E-state index is -0.682. The summed E-state index contributed by atoms with van der Waals surface area (Å²) in [6, 6.07) is 11.7. The van der Waals surface area contributed by atoms with Crippen molar-refractivity contribution in [3.63, 3.8) is 0 Å². The summed E-state index contributed by atoms with van der Waals surface area (Å²) in [6.07, 6.45) is 0. The molecule has 9 heteroatoms. The van der Waals surface area contributed by atoms with E-state index in [1.165, 1.54) is 6.92 Å². The average Bonchev–Trinajstić information content (AvgIpc) is 2.97. The molecule has 0 radical (unpaired) electrons. The van der Waals surface area contributed by atoms with Gasteiger partial charge in [-0.2, -0.15) is 0 Å². The number of benzene rings is 2. The Hall–Kier alpha value is -2.61. The van der Waals surface area contributed by atoms with Crippen LogP contribution in [0.25, 0.3) is 10.1 Å². The van der Waals surface area contributed by atoms with Crippen LogP contribution in [0.2, 0.25) is 10.0 Å². The van der Waals surface area contributed by atoms with E-state index in [-0.39, 0.29) is 15.8 Å². The Morgan fingerprint density at radius 2 is 1.64 bits per heavy atom. The van der Waals surface area contributed by atoms with Crippen molar-refractivity contribution in [3.8, 4) is 0 Å². The van der Waals surface area contributed by atoms with Gasteiger partial charge in [0.2, 0.25) is 5.91 Å². The Labute approximate surface area is 174 Å². The van der Waals surface area contributed by atoms with E-state index >= 15 is 0 Å². The van der Waals surface area contributed by atoms with Crippen LogP contribution < -0.4 is 10.6 Å². The summed E-state index contributed by atoms with van der Waals surface area (Å²) in [5, 5.41) is 6.74. The number of amides is 2. The topological polar surface area (TPSA) is 84.5 Å². The Bertz CT molecular complexity index is 1060. The number of hydrogen-bond donors (Lipinski definition) is 2. The molecule has 0 bridgehead atoms. The first kappa shape index (κ1) is 20.1. The van der Waals surface area contributed by atoms with Gasteiger partial charge in [-0.05, 0) is 36.4 Å². The second kappa shape index (κ2) is 8.60. The van der Waals surface area contributed by atoms with Gasteiger partial charge in [0.15, 0.2) is 6.61 Å². The summed E-state index contributed by atoms with van der Waals surface area (Å²) in [5.74, 6) is -1.37. The summed E-state index contributed by atoms with van der Waals surface area (Å²) in [4.78, 5) is 35.5. The predicted octanol–water partition coefficient (Wildman–Crippen LogP) is 4.96. The minimum absolute atomic E-state index is 0.189. The number of ether oxygens (including phenoxy) is 1. The number of halogens is 2. The first-order chi connectivity index (χ1) is 13.3. The first-order valence-corrected chi connectivity index (χ1v) is 9.63. The highest BCUT2D eigenvalue weighted by Gasteiger charge is 2.19. The van der Waals surface area contributed by atoms with Crippen LogP contribution in [0.4, 0.5) is 11.4 Å². The summed E-state index contributed by atoms with van der Waals surface area (Å²) in [7, 11) is 0. The fraction of sp³-hybridized carbons (Fsp3) is 0.105. The van der Waals surface area contributed by atoms with Crippen molar-refractivity contribution in [2.75, 3.05) is 17.2 Å². The van der Waals surface area contributed by atoms with Crippen molar-refractivity contribution in [3.05, 3.63) is 57.4 Å². The number of carbonyl (C=O) groups is 3. The molecule has 0 unspecified atom stereocenters. The molecule has 2 N–H and O–H groups in total. The van der Waals surface area contributed by atoms with Crippen molar-refractivity contribution in [1.29, 1.82) is 0 Å². The maximum Gasteiger partial charge on any atom is 0.350 e. The molecular formula is C19H14Cl2N2O4S.